The average Bonchev–Trinajstić information content (AvgIpc) is 3.14. The Balaban J connectivity index is 1.90. The molecule has 0 bridgehead atoms. The van der Waals surface area contributed by atoms with Crippen molar-refractivity contribution in [3.63, 3.8) is 0 Å². The SMILES string of the molecule is CCc1ccc(NS(=O)(=O)c2cc(-c3nc(C)cs3)sc2C)cc1. The predicted octanol–water partition coefficient (Wildman–Crippen LogP) is 4.85. The Morgan fingerprint density at radius 3 is 2.46 bits per heavy atom. The van der Waals surface area contributed by atoms with Gasteiger partial charge < -0.3 is 0 Å². The van der Waals surface area contributed by atoms with Gasteiger partial charge in [-0.15, -0.1) is 22.7 Å². The van der Waals surface area contributed by atoms with Gasteiger partial charge in [0.2, 0.25) is 0 Å². The molecule has 0 radical (unpaired) electrons. The van der Waals surface area contributed by atoms with E-state index < -0.39 is 10.0 Å². The molecular weight excluding hydrogens is 360 g/mol. The maximum Gasteiger partial charge on any atom is 0.263 e. The first-order valence-corrected chi connectivity index (χ1v) is 10.7. The van der Waals surface area contributed by atoms with Gasteiger partial charge in [0.1, 0.15) is 9.90 Å². The second-order valence-electron chi connectivity index (χ2n) is 5.48. The highest BCUT2D eigenvalue weighted by Gasteiger charge is 2.21. The summed E-state index contributed by atoms with van der Waals surface area (Å²) < 4.78 is 28.1. The summed E-state index contributed by atoms with van der Waals surface area (Å²) in [5, 5.41) is 2.82. The molecule has 0 saturated carbocycles. The second-order valence-corrected chi connectivity index (χ2v) is 9.25. The molecule has 0 amide bonds. The molecule has 3 aromatic rings. The standard InChI is InChI=1S/C17H18N2O2S3/c1-4-13-5-7-14(8-6-13)19-24(20,21)16-9-15(23-12(16)3)17-18-11(2)10-22-17/h5-10,19H,4H2,1-3H3. The zero-order chi connectivity index (χ0) is 17.3. The molecule has 2 heterocycles. The van der Waals surface area contributed by atoms with Gasteiger partial charge in [0, 0.05) is 21.6 Å². The summed E-state index contributed by atoms with van der Waals surface area (Å²) in [5.74, 6) is 0. The van der Waals surface area contributed by atoms with Crippen LogP contribution >= 0.6 is 22.7 Å². The second kappa shape index (κ2) is 6.66. The van der Waals surface area contributed by atoms with Crippen molar-refractivity contribution in [2.75, 3.05) is 4.72 Å². The summed E-state index contributed by atoms with van der Waals surface area (Å²) >= 11 is 2.98. The molecule has 24 heavy (non-hydrogen) atoms. The number of rotatable bonds is 5. The van der Waals surface area contributed by atoms with Crippen LogP contribution in [0.15, 0.2) is 40.6 Å². The first-order chi connectivity index (χ1) is 11.4. The van der Waals surface area contributed by atoms with Crippen LogP contribution in [0.3, 0.4) is 0 Å². The molecule has 4 nitrogen and oxygen atoms in total. The molecule has 0 saturated heterocycles. The van der Waals surface area contributed by atoms with E-state index in [-0.39, 0.29) is 0 Å². The number of benzene rings is 1. The lowest BCUT2D eigenvalue weighted by Crippen LogP contribution is -2.13. The summed E-state index contributed by atoms with van der Waals surface area (Å²) in [6, 6.07) is 9.16. The van der Waals surface area contributed by atoms with E-state index in [2.05, 4.69) is 16.6 Å². The van der Waals surface area contributed by atoms with Crippen molar-refractivity contribution in [2.45, 2.75) is 32.1 Å². The van der Waals surface area contributed by atoms with E-state index in [4.69, 9.17) is 0 Å². The number of nitrogens with one attached hydrogen (secondary N) is 1. The molecule has 0 aliphatic heterocycles. The van der Waals surface area contributed by atoms with Crippen LogP contribution in [0.4, 0.5) is 5.69 Å². The van der Waals surface area contributed by atoms with Crippen LogP contribution in [-0.4, -0.2) is 13.4 Å². The summed E-state index contributed by atoms with van der Waals surface area (Å²) in [6.07, 6.45) is 0.924. The minimum Gasteiger partial charge on any atom is -0.280 e. The fourth-order valence-corrected chi connectivity index (χ4v) is 5.83. The first kappa shape index (κ1) is 17.1. The van der Waals surface area contributed by atoms with Crippen molar-refractivity contribution in [3.05, 3.63) is 51.8 Å². The van der Waals surface area contributed by atoms with Gasteiger partial charge in [-0.2, -0.15) is 0 Å². The lowest BCUT2D eigenvalue weighted by Gasteiger charge is -2.08. The highest BCUT2D eigenvalue weighted by molar-refractivity contribution is 7.93. The number of thiazole rings is 1. The molecule has 126 valence electrons. The molecule has 1 N–H and O–H groups in total. The van der Waals surface area contributed by atoms with Gasteiger partial charge in [-0.3, -0.25) is 4.72 Å². The van der Waals surface area contributed by atoms with Gasteiger partial charge in [-0.05, 0) is 44.0 Å². The first-order valence-electron chi connectivity index (χ1n) is 7.53. The van der Waals surface area contributed by atoms with Crippen LogP contribution in [0.25, 0.3) is 9.88 Å². The molecule has 0 atom stereocenters. The van der Waals surface area contributed by atoms with E-state index in [0.29, 0.717) is 10.6 Å². The molecule has 0 fully saturated rings. The van der Waals surface area contributed by atoms with Gasteiger partial charge >= 0.3 is 0 Å². The van der Waals surface area contributed by atoms with Gasteiger partial charge in [0.05, 0.1) is 4.88 Å². The summed E-state index contributed by atoms with van der Waals surface area (Å²) in [5.41, 5.74) is 2.69. The fourth-order valence-electron chi connectivity index (χ4n) is 2.32. The quantitative estimate of drug-likeness (QED) is 0.690. The van der Waals surface area contributed by atoms with Crippen molar-refractivity contribution >= 4 is 38.4 Å². The lowest BCUT2D eigenvalue weighted by molar-refractivity contribution is 0.601. The number of aromatic nitrogens is 1. The van der Waals surface area contributed by atoms with E-state index >= 15 is 0 Å². The summed E-state index contributed by atoms with van der Waals surface area (Å²) in [4.78, 5) is 6.39. The van der Waals surface area contributed by atoms with Crippen molar-refractivity contribution in [1.82, 2.24) is 4.98 Å². The van der Waals surface area contributed by atoms with Crippen LogP contribution in [-0.2, 0) is 16.4 Å². The van der Waals surface area contributed by atoms with Crippen LogP contribution in [0.1, 0.15) is 23.1 Å². The monoisotopic (exact) mass is 378 g/mol. The average molecular weight is 379 g/mol. The van der Waals surface area contributed by atoms with Gasteiger partial charge in [0.15, 0.2) is 0 Å². The molecule has 7 heteroatoms. The number of hydrogen-bond donors (Lipinski definition) is 1. The topological polar surface area (TPSA) is 59.1 Å². The van der Waals surface area contributed by atoms with Crippen molar-refractivity contribution in [3.8, 4) is 9.88 Å². The smallest absolute Gasteiger partial charge is 0.263 e. The summed E-state index contributed by atoms with van der Waals surface area (Å²) in [6.45, 7) is 5.82. The molecule has 2 aromatic heterocycles. The number of thiophene rings is 1. The normalized spacial score (nSPS) is 11.6. The van der Waals surface area contributed by atoms with Crippen molar-refractivity contribution < 1.29 is 8.42 Å². The predicted molar refractivity (Wildman–Crippen MR) is 102 cm³/mol. The molecule has 0 unspecified atom stereocenters. The van der Waals surface area contributed by atoms with E-state index in [1.165, 1.54) is 28.2 Å². The molecule has 0 spiro atoms. The molecule has 0 aliphatic carbocycles. The van der Waals surface area contributed by atoms with E-state index in [1.807, 2.05) is 31.4 Å². The molecule has 3 rings (SSSR count). The number of anilines is 1. The Labute approximate surface area is 150 Å². The number of nitrogens with zero attached hydrogens (tertiary/aromatic N) is 1. The summed E-state index contributed by atoms with van der Waals surface area (Å²) in [7, 11) is -3.61. The van der Waals surface area contributed by atoms with Crippen LogP contribution < -0.4 is 4.72 Å². The van der Waals surface area contributed by atoms with Gasteiger partial charge in [-0.25, -0.2) is 13.4 Å². The van der Waals surface area contributed by atoms with Crippen LogP contribution in [0.2, 0.25) is 0 Å². The minimum atomic E-state index is -3.61. The maximum absolute atomic E-state index is 12.7. The Morgan fingerprint density at radius 1 is 1.17 bits per heavy atom. The molecule has 0 aliphatic rings. The van der Waals surface area contributed by atoms with E-state index in [9.17, 15) is 8.42 Å². The fraction of sp³-hybridized carbons (Fsp3) is 0.235. The Morgan fingerprint density at radius 2 is 1.88 bits per heavy atom. The Kier molecular flexibility index (Phi) is 4.76. The van der Waals surface area contributed by atoms with Crippen molar-refractivity contribution in [1.29, 1.82) is 0 Å². The Bertz CT molecular complexity index is 954. The van der Waals surface area contributed by atoms with E-state index in [1.54, 1.807) is 18.2 Å². The third-order valence-electron chi connectivity index (χ3n) is 3.61. The Hall–Kier alpha value is -1.70. The van der Waals surface area contributed by atoms with Crippen molar-refractivity contribution in [2.24, 2.45) is 0 Å². The highest BCUT2D eigenvalue weighted by Crippen LogP contribution is 2.35. The van der Waals surface area contributed by atoms with Crippen LogP contribution in [0, 0.1) is 13.8 Å². The highest BCUT2D eigenvalue weighted by atomic mass is 32.2. The third-order valence-corrected chi connectivity index (χ3v) is 7.42. The largest absolute Gasteiger partial charge is 0.280 e. The number of hydrogen-bond acceptors (Lipinski definition) is 5. The van der Waals surface area contributed by atoms with E-state index in [0.717, 1.165) is 26.9 Å². The van der Waals surface area contributed by atoms with Crippen LogP contribution in [0.5, 0.6) is 0 Å². The zero-order valence-electron chi connectivity index (χ0n) is 13.7. The number of sulfonamides is 1. The molecular formula is C17H18N2O2S3. The molecule has 1 aromatic carbocycles. The van der Waals surface area contributed by atoms with Gasteiger partial charge in [-0.1, -0.05) is 19.1 Å². The van der Waals surface area contributed by atoms with Gasteiger partial charge in [0.25, 0.3) is 10.0 Å². The lowest BCUT2D eigenvalue weighted by atomic mass is 10.2. The number of aryl methyl sites for hydroxylation is 3. The maximum atomic E-state index is 12.7. The zero-order valence-corrected chi connectivity index (χ0v) is 16.1. The third kappa shape index (κ3) is 3.53. The minimum absolute atomic E-state index is 0.315.